The number of hydrogen-bond acceptors (Lipinski definition) is 3. The fourth-order valence-corrected chi connectivity index (χ4v) is 1.57. The molecule has 3 N–H and O–H groups in total. The van der Waals surface area contributed by atoms with Gasteiger partial charge in [0.15, 0.2) is 5.60 Å². The molecule has 0 spiro atoms. The maximum atomic E-state index is 10.7. The summed E-state index contributed by atoms with van der Waals surface area (Å²) < 4.78 is 0. The minimum absolute atomic E-state index is 0.108. The molecule has 2 unspecified atom stereocenters. The van der Waals surface area contributed by atoms with Crippen LogP contribution in [0.25, 0.3) is 0 Å². The van der Waals surface area contributed by atoms with Crippen molar-refractivity contribution in [2.75, 3.05) is 6.54 Å². The maximum Gasteiger partial charge on any atom is 0.336 e. The van der Waals surface area contributed by atoms with Gasteiger partial charge in [-0.2, -0.15) is 0 Å². The molecule has 0 aromatic rings. The summed E-state index contributed by atoms with van der Waals surface area (Å²) >= 11 is 0. The van der Waals surface area contributed by atoms with Gasteiger partial charge in [-0.15, -0.1) is 0 Å². The number of nitrogens with one attached hydrogen (secondary N) is 1. The van der Waals surface area contributed by atoms with Crippen molar-refractivity contribution in [3.63, 3.8) is 0 Å². The number of rotatable bonds is 9. The van der Waals surface area contributed by atoms with Gasteiger partial charge in [0.05, 0.1) is 0 Å². The van der Waals surface area contributed by atoms with Gasteiger partial charge in [-0.3, -0.25) is 0 Å². The number of carbonyl (C=O) groups is 1. The van der Waals surface area contributed by atoms with Crippen molar-refractivity contribution in [2.24, 2.45) is 0 Å². The van der Waals surface area contributed by atoms with Crippen molar-refractivity contribution >= 4 is 5.97 Å². The van der Waals surface area contributed by atoms with Crippen LogP contribution in [0.5, 0.6) is 0 Å². The van der Waals surface area contributed by atoms with Crippen molar-refractivity contribution in [3.8, 4) is 0 Å². The van der Waals surface area contributed by atoms with Gasteiger partial charge in [0, 0.05) is 12.6 Å². The average Bonchev–Trinajstić information content (AvgIpc) is 2.22. The molecule has 4 heteroatoms. The lowest BCUT2D eigenvalue weighted by molar-refractivity contribution is -0.156. The van der Waals surface area contributed by atoms with Crippen LogP contribution >= 0.6 is 0 Å². The van der Waals surface area contributed by atoms with Gasteiger partial charge in [-0.25, -0.2) is 4.79 Å². The highest BCUT2D eigenvalue weighted by atomic mass is 16.4. The van der Waals surface area contributed by atoms with Crippen molar-refractivity contribution in [3.05, 3.63) is 0 Å². The zero-order valence-corrected chi connectivity index (χ0v) is 10.6. The molecule has 0 amide bonds. The summed E-state index contributed by atoms with van der Waals surface area (Å²) in [5.74, 6) is -1.18. The third-order valence-corrected chi connectivity index (χ3v) is 2.74. The molecule has 0 saturated heterocycles. The molecule has 0 aliphatic rings. The number of carboxylic acid groups (broad SMARTS) is 1. The van der Waals surface area contributed by atoms with E-state index in [1.165, 1.54) is 6.92 Å². The molecular formula is C12H25NO3. The van der Waals surface area contributed by atoms with Crippen LogP contribution in [-0.2, 0) is 4.79 Å². The Bertz CT molecular complexity index is 204. The maximum absolute atomic E-state index is 10.7. The monoisotopic (exact) mass is 231 g/mol. The second-order valence-corrected chi connectivity index (χ2v) is 4.59. The van der Waals surface area contributed by atoms with E-state index in [4.69, 9.17) is 5.11 Å². The molecule has 96 valence electrons. The van der Waals surface area contributed by atoms with E-state index in [0.717, 1.165) is 32.1 Å². The van der Waals surface area contributed by atoms with Crippen LogP contribution in [0.2, 0.25) is 0 Å². The van der Waals surface area contributed by atoms with Gasteiger partial charge >= 0.3 is 5.97 Å². The summed E-state index contributed by atoms with van der Waals surface area (Å²) in [4.78, 5) is 10.7. The average molecular weight is 231 g/mol. The molecule has 0 rings (SSSR count). The van der Waals surface area contributed by atoms with Crippen LogP contribution in [0.1, 0.15) is 52.9 Å². The lowest BCUT2D eigenvalue weighted by atomic mass is 10.0. The van der Waals surface area contributed by atoms with E-state index >= 15 is 0 Å². The van der Waals surface area contributed by atoms with Crippen LogP contribution in [-0.4, -0.2) is 34.4 Å². The van der Waals surface area contributed by atoms with E-state index in [2.05, 4.69) is 19.2 Å². The first kappa shape index (κ1) is 15.4. The van der Waals surface area contributed by atoms with E-state index in [0.29, 0.717) is 6.04 Å². The molecule has 0 aromatic heterocycles. The van der Waals surface area contributed by atoms with Crippen LogP contribution in [0.4, 0.5) is 0 Å². The van der Waals surface area contributed by atoms with Gasteiger partial charge in [0.2, 0.25) is 0 Å². The third kappa shape index (κ3) is 6.08. The van der Waals surface area contributed by atoms with Crippen LogP contribution in [0.3, 0.4) is 0 Å². The van der Waals surface area contributed by atoms with Crippen molar-refractivity contribution in [1.29, 1.82) is 0 Å². The molecule has 16 heavy (non-hydrogen) atoms. The van der Waals surface area contributed by atoms with Crippen LogP contribution in [0.15, 0.2) is 0 Å². The fraction of sp³-hybridized carbons (Fsp3) is 0.917. The Kier molecular flexibility index (Phi) is 7.34. The Morgan fingerprint density at radius 1 is 1.31 bits per heavy atom. The molecule has 0 heterocycles. The molecule has 2 atom stereocenters. The summed E-state index contributed by atoms with van der Waals surface area (Å²) in [6.45, 7) is 5.67. The summed E-state index contributed by atoms with van der Waals surface area (Å²) in [5, 5.41) is 21.5. The normalized spacial score (nSPS) is 16.8. The fourth-order valence-electron chi connectivity index (χ4n) is 1.57. The second-order valence-electron chi connectivity index (χ2n) is 4.59. The van der Waals surface area contributed by atoms with Gasteiger partial charge in [0.25, 0.3) is 0 Å². The molecule has 0 saturated carbocycles. The Morgan fingerprint density at radius 3 is 2.38 bits per heavy atom. The first-order valence-electron chi connectivity index (χ1n) is 6.13. The topological polar surface area (TPSA) is 69.6 Å². The summed E-state index contributed by atoms with van der Waals surface area (Å²) in [5.41, 5.74) is -1.67. The predicted molar refractivity (Wildman–Crippen MR) is 64.5 cm³/mol. The SMILES string of the molecule is CCCCC(CCC)NCC(C)(O)C(=O)O. The van der Waals surface area contributed by atoms with Crippen molar-refractivity contribution in [1.82, 2.24) is 5.32 Å². The molecule has 4 nitrogen and oxygen atoms in total. The third-order valence-electron chi connectivity index (χ3n) is 2.74. The molecule has 0 bridgehead atoms. The molecular weight excluding hydrogens is 206 g/mol. The number of unbranched alkanes of at least 4 members (excludes halogenated alkanes) is 1. The number of aliphatic hydroxyl groups is 1. The Labute approximate surface area is 98.1 Å². The lowest BCUT2D eigenvalue weighted by Crippen LogP contribution is -2.47. The summed E-state index contributed by atoms with van der Waals surface area (Å²) in [7, 11) is 0. The summed E-state index contributed by atoms with van der Waals surface area (Å²) in [6, 6.07) is 0.316. The van der Waals surface area contributed by atoms with E-state index in [1.807, 2.05) is 0 Å². The number of aliphatic carboxylic acids is 1. The van der Waals surface area contributed by atoms with E-state index < -0.39 is 11.6 Å². The van der Waals surface area contributed by atoms with Gasteiger partial charge < -0.3 is 15.5 Å². The van der Waals surface area contributed by atoms with E-state index in [-0.39, 0.29) is 6.54 Å². The van der Waals surface area contributed by atoms with E-state index in [1.54, 1.807) is 0 Å². The number of carboxylic acids is 1. The quantitative estimate of drug-likeness (QED) is 0.565. The van der Waals surface area contributed by atoms with Crippen molar-refractivity contribution < 1.29 is 15.0 Å². The molecule has 0 aliphatic heterocycles. The van der Waals surface area contributed by atoms with Crippen molar-refractivity contribution in [2.45, 2.75) is 64.5 Å². The minimum atomic E-state index is -1.67. The summed E-state index contributed by atoms with van der Waals surface area (Å²) in [6.07, 6.45) is 5.40. The molecule has 0 aromatic carbocycles. The first-order chi connectivity index (χ1) is 7.44. The van der Waals surface area contributed by atoms with Gasteiger partial charge in [-0.05, 0) is 19.8 Å². The van der Waals surface area contributed by atoms with Gasteiger partial charge in [0.1, 0.15) is 0 Å². The Morgan fingerprint density at radius 2 is 1.94 bits per heavy atom. The standard InChI is InChI=1S/C12H25NO3/c1-4-6-8-10(7-5-2)13-9-12(3,16)11(14)15/h10,13,16H,4-9H2,1-3H3,(H,14,15). The Hall–Kier alpha value is -0.610. The molecule has 0 aliphatic carbocycles. The molecule has 0 radical (unpaired) electrons. The number of hydrogen-bond donors (Lipinski definition) is 3. The highest BCUT2D eigenvalue weighted by Gasteiger charge is 2.30. The zero-order valence-electron chi connectivity index (χ0n) is 10.6. The minimum Gasteiger partial charge on any atom is -0.479 e. The predicted octanol–water partition coefficient (Wildman–Crippen LogP) is 1.77. The highest BCUT2D eigenvalue weighted by molar-refractivity contribution is 5.76. The second kappa shape index (κ2) is 7.63. The lowest BCUT2D eigenvalue weighted by Gasteiger charge is -2.24. The molecule has 0 fully saturated rings. The smallest absolute Gasteiger partial charge is 0.336 e. The first-order valence-corrected chi connectivity index (χ1v) is 6.13. The largest absolute Gasteiger partial charge is 0.479 e. The van der Waals surface area contributed by atoms with E-state index in [9.17, 15) is 9.90 Å². The van der Waals surface area contributed by atoms with Crippen LogP contribution < -0.4 is 5.32 Å². The zero-order chi connectivity index (χ0) is 12.6. The Balaban J connectivity index is 4.04. The highest BCUT2D eigenvalue weighted by Crippen LogP contribution is 2.09. The van der Waals surface area contributed by atoms with Crippen LogP contribution in [0, 0.1) is 0 Å². The van der Waals surface area contributed by atoms with Gasteiger partial charge in [-0.1, -0.05) is 33.1 Å².